The van der Waals surface area contributed by atoms with Crippen molar-refractivity contribution in [3.8, 4) is 6.07 Å². The van der Waals surface area contributed by atoms with E-state index in [1.54, 1.807) is 0 Å². The lowest BCUT2D eigenvalue weighted by Crippen LogP contribution is -2.46. The number of hydrogen-bond donors (Lipinski definition) is 0. The van der Waals surface area contributed by atoms with Crippen LogP contribution in [0.15, 0.2) is 35.4 Å². The number of nitrogens with zero attached hydrogens (tertiary/aromatic N) is 3. The van der Waals surface area contributed by atoms with E-state index in [0.717, 1.165) is 37.8 Å². The summed E-state index contributed by atoms with van der Waals surface area (Å²) in [6.07, 6.45) is 6.36. The van der Waals surface area contributed by atoms with Crippen molar-refractivity contribution in [2.24, 2.45) is 5.10 Å². The van der Waals surface area contributed by atoms with Gasteiger partial charge in [0.05, 0.1) is 12.1 Å². The molecule has 3 rings (SSSR count). The first-order valence-corrected chi connectivity index (χ1v) is 7.55. The van der Waals surface area contributed by atoms with Crippen LogP contribution in [0.3, 0.4) is 0 Å². The van der Waals surface area contributed by atoms with E-state index in [1.807, 2.05) is 6.07 Å². The Kier molecular flexibility index (Phi) is 3.48. The van der Waals surface area contributed by atoms with Crippen molar-refractivity contribution in [2.75, 3.05) is 0 Å². The fourth-order valence-corrected chi connectivity index (χ4v) is 3.52. The molecule has 1 atom stereocenters. The van der Waals surface area contributed by atoms with Gasteiger partial charge in [0.2, 0.25) is 0 Å². The molecule has 104 valence electrons. The molecule has 3 heteroatoms. The molecular weight excluding hydrogens is 246 g/mol. The third kappa shape index (κ3) is 2.20. The molecule has 0 unspecified atom stereocenters. The molecule has 1 aliphatic heterocycles. The largest absolute Gasteiger partial charge is 0.269 e. The SMILES string of the molecule is CC1=NN(C2(C#N)CCCCC2)[C@H](c2ccccc2)C1. The number of hydrogen-bond acceptors (Lipinski definition) is 3. The topological polar surface area (TPSA) is 39.4 Å². The van der Waals surface area contributed by atoms with Gasteiger partial charge >= 0.3 is 0 Å². The lowest BCUT2D eigenvalue weighted by atomic mass is 9.81. The minimum atomic E-state index is -0.392. The summed E-state index contributed by atoms with van der Waals surface area (Å²) in [5, 5.41) is 16.7. The summed E-state index contributed by atoms with van der Waals surface area (Å²) in [5.74, 6) is 0. The highest BCUT2D eigenvalue weighted by molar-refractivity contribution is 5.84. The number of rotatable bonds is 2. The van der Waals surface area contributed by atoms with Crippen LogP contribution in [-0.4, -0.2) is 16.3 Å². The lowest BCUT2D eigenvalue weighted by molar-refractivity contribution is 0.0704. The molecule has 0 N–H and O–H groups in total. The van der Waals surface area contributed by atoms with E-state index in [2.05, 4.69) is 42.3 Å². The van der Waals surface area contributed by atoms with Crippen molar-refractivity contribution in [1.29, 1.82) is 5.26 Å². The van der Waals surface area contributed by atoms with E-state index < -0.39 is 5.54 Å². The zero-order valence-electron chi connectivity index (χ0n) is 12.0. The van der Waals surface area contributed by atoms with E-state index in [-0.39, 0.29) is 6.04 Å². The Bertz CT molecular complexity index is 535. The second-order valence-corrected chi connectivity index (χ2v) is 6.01. The third-order valence-corrected chi connectivity index (χ3v) is 4.57. The Hall–Kier alpha value is -1.82. The van der Waals surface area contributed by atoms with Gasteiger partial charge in [-0.05, 0) is 38.2 Å². The third-order valence-electron chi connectivity index (χ3n) is 4.57. The molecule has 1 aromatic rings. The Morgan fingerprint density at radius 3 is 2.55 bits per heavy atom. The molecule has 0 amide bonds. The van der Waals surface area contributed by atoms with Crippen LogP contribution >= 0.6 is 0 Å². The predicted octanol–water partition coefficient (Wildman–Crippen LogP) is 4.04. The molecule has 1 fully saturated rings. The van der Waals surface area contributed by atoms with Gasteiger partial charge in [0, 0.05) is 12.1 Å². The summed E-state index contributed by atoms with van der Waals surface area (Å²) in [6, 6.07) is 13.3. The van der Waals surface area contributed by atoms with Crippen molar-refractivity contribution >= 4 is 5.71 Å². The van der Waals surface area contributed by atoms with Crippen molar-refractivity contribution in [3.63, 3.8) is 0 Å². The molecule has 0 radical (unpaired) electrons. The van der Waals surface area contributed by atoms with Crippen LogP contribution < -0.4 is 0 Å². The van der Waals surface area contributed by atoms with Crippen LogP contribution in [-0.2, 0) is 0 Å². The standard InChI is InChI=1S/C17H21N3/c1-14-12-16(15-8-4-2-5-9-15)20(19-14)17(13-18)10-6-3-7-11-17/h2,4-5,8-9,16H,3,6-7,10-12H2,1H3/t16-/m0/s1. The van der Waals surface area contributed by atoms with E-state index in [1.165, 1.54) is 12.0 Å². The Morgan fingerprint density at radius 1 is 1.20 bits per heavy atom. The first-order valence-electron chi connectivity index (χ1n) is 7.55. The second-order valence-electron chi connectivity index (χ2n) is 6.01. The maximum Gasteiger partial charge on any atom is 0.144 e. The normalized spacial score (nSPS) is 25.1. The molecular formula is C17H21N3. The smallest absolute Gasteiger partial charge is 0.144 e. The molecule has 1 aliphatic carbocycles. The average molecular weight is 267 g/mol. The zero-order valence-corrected chi connectivity index (χ0v) is 12.0. The van der Waals surface area contributed by atoms with Gasteiger partial charge in [-0.1, -0.05) is 36.8 Å². The molecule has 20 heavy (non-hydrogen) atoms. The van der Waals surface area contributed by atoms with Crippen LogP contribution in [0.2, 0.25) is 0 Å². The zero-order chi connectivity index (χ0) is 14.0. The van der Waals surface area contributed by atoms with Crippen LogP contribution in [0.25, 0.3) is 0 Å². The van der Waals surface area contributed by atoms with Gasteiger partial charge in [0.1, 0.15) is 5.54 Å². The number of benzene rings is 1. The fourth-order valence-electron chi connectivity index (χ4n) is 3.52. The summed E-state index contributed by atoms with van der Waals surface area (Å²) < 4.78 is 0. The molecule has 0 bridgehead atoms. The second kappa shape index (κ2) is 5.28. The molecule has 0 saturated heterocycles. The van der Waals surface area contributed by atoms with E-state index in [0.29, 0.717) is 0 Å². The van der Waals surface area contributed by atoms with Gasteiger partial charge in [-0.2, -0.15) is 10.4 Å². The minimum Gasteiger partial charge on any atom is -0.269 e. The first kappa shape index (κ1) is 13.2. The van der Waals surface area contributed by atoms with E-state index in [9.17, 15) is 5.26 Å². The molecule has 2 aliphatic rings. The maximum atomic E-state index is 9.79. The minimum absolute atomic E-state index is 0.231. The Morgan fingerprint density at radius 2 is 1.90 bits per heavy atom. The molecule has 1 heterocycles. The molecule has 3 nitrogen and oxygen atoms in total. The van der Waals surface area contributed by atoms with Crippen molar-refractivity contribution < 1.29 is 0 Å². The number of hydrazone groups is 1. The van der Waals surface area contributed by atoms with Gasteiger partial charge in [0.15, 0.2) is 0 Å². The van der Waals surface area contributed by atoms with Gasteiger partial charge in [-0.3, -0.25) is 5.01 Å². The first-order chi connectivity index (χ1) is 9.75. The Labute approximate surface area is 120 Å². The highest BCUT2D eigenvalue weighted by atomic mass is 15.5. The van der Waals surface area contributed by atoms with Crippen LogP contribution in [0.1, 0.15) is 57.1 Å². The lowest BCUT2D eigenvalue weighted by Gasteiger charge is -2.41. The molecule has 1 aromatic carbocycles. The van der Waals surface area contributed by atoms with Crippen LogP contribution in [0, 0.1) is 11.3 Å². The summed E-state index contributed by atoms with van der Waals surface area (Å²) in [4.78, 5) is 0. The highest BCUT2D eigenvalue weighted by Gasteiger charge is 2.44. The van der Waals surface area contributed by atoms with E-state index in [4.69, 9.17) is 5.10 Å². The van der Waals surface area contributed by atoms with Crippen molar-refractivity contribution in [3.05, 3.63) is 35.9 Å². The summed E-state index contributed by atoms with van der Waals surface area (Å²) >= 11 is 0. The summed E-state index contributed by atoms with van der Waals surface area (Å²) in [5.41, 5.74) is 2.02. The van der Waals surface area contributed by atoms with Gasteiger partial charge in [0.25, 0.3) is 0 Å². The number of nitriles is 1. The highest BCUT2D eigenvalue weighted by Crippen LogP contribution is 2.42. The summed E-state index contributed by atoms with van der Waals surface area (Å²) in [6.45, 7) is 2.07. The average Bonchev–Trinajstić information content (AvgIpc) is 2.91. The predicted molar refractivity (Wildman–Crippen MR) is 80.2 cm³/mol. The maximum absolute atomic E-state index is 9.79. The molecule has 0 aromatic heterocycles. The quantitative estimate of drug-likeness (QED) is 0.811. The van der Waals surface area contributed by atoms with Crippen molar-refractivity contribution in [2.45, 2.75) is 57.0 Å². The monoisotopic (exact) mass is 267 g/mol. The van der Waals surface area contributed by atoms with Crippen LogP contribution in [0.4, 0.5) is 0 Å². The van der Waals surface area contributed by atoms with Gasteiger partial charge < -0.3 is 0 Å². The Balaban J connectivity index is 1.95. The summed E-state index contributed by atoms with van der Waals surface area (Å²) in [7, 11) is 0. The van der Waals surface area contributed by atoms with Crippen molar-refractivity contribution in [1.82, 2.24) is 5.01 Å². The molecule has 1 saturated carbocycles. The molecule has 0 spiro atoms. The van der Waals surface area contributed by atoms with E-state index >= 15 is 0 Å². The van der Waals surface area contributed by atoms with Gasteiger partial charge in [-0.25, -0.2) is 0 Å². The fraction of sp³-hybridized carbons (Fsp3) is 0.529. The van der Waals surface area contributed by atoms with Crippen LogP contribution in [0.5, 0.6) is 0 Å². The van der Waals surface area contributed by atoms with Gasteiger partial charge in [-0.15, -0.1) is 0 Å².